The normalized spacial score (nSPS) is 19.8. The molecule has 1 atom stereocenters. The van der Waals surface area contributed by atoms with Gasteiger partial charge in [-0.05, 0) is 37.4 Å². The molecule has 2 rings (SSSR count). The van der Waals surface area contributed by atoms with Gasteiger partial charge in [-0.2, -0.15) is 0 Å². The van der Waals surface area contributed by atoms with E-state index < -0.39 is 10.0 Å². The first-order valence-electron chi connectivity index (χ1n) is 6.99. The van der Waals surface area contributed by atoms with E-state index in [9.17, 15) is 12.8 Å². The summed E-state index contributed by atoms with van der Waals surface area (Å²) >= 11 is 0. The molecule has 1 fully saturated rings. The average Bonchev–Trinajstić information content (AvgIpc) is 2.89. The van der Waals surface area contributed by atoms with Crippen LogP contribution in [0.2, 0.25) is 0 Å². The molecule has 1 aliphatic heterocycles. The Balaban J connectivity index is 1.90. The summed E-state index contributed by atoms with van der Waals surface area (Å²) in [6.45, 7) is 7.78. The molecule has 0 radical (unpaired) electrons. The van der Waals surface area contributed by atoms with Crippen LogP contribution in [0.25, 0.3) is 0 Å². The van der Waals surface area contributed by atoms with E-state index in [-0.39, 0.29) is 11.7 Å². The van der Waals surface area contributed by atoms with E-state index in [2.05, 4.69) is 16.2 Å². The second kappa shape index (κ2) is 6.68. The van der Waals surface area contributed by atoms with Crippen molar-refractivity contribution in [1.82, 2.24) is 9.62 Å². The molecule has 0 unspecified atom stereocenters. The molecular weight excluding hydrogens is 291 g/mol. The second-order valence-electron chi connectivity index (χ2n) is 5.49. The summed E-state index contributed by atoms with van der Waals surface area (Å²) in [4.78, 5) is 2.16. The summed E-state index contributed by atoms with van der Waals surface area (Å²) < 4.78 is 39.0. The third-order valence-electron chi connectivity index (χ3n) is 3.90. The molecule has 0 saturated carbocycles. The lowest BCUT2D eigenvalue weighted by Gasteiger charge is -2.18. The number of hydrogen-bond acceptors (Lipinski definition) is 3. The van der Waals surface area contributed by atoms with Crippen molar-refractivity contribution in [3.05, 3.63) is 47.1 Å². The highest BCUT2D eigenvalue weighted by Crippen LogP contribution is 2.21. The molecule has 6 heteroatoms. The van der Waals surface area contributed by atoms with Gasteiger partial charge in [-0.25, -0.2) is 17.5 Å². The fourth-order valence-corrected chi connectivity index (χ4v) is 3.19. The Kier molecular flexibility index (Phi) is 5.13. The van der Waals surface area contributed by atoms with Gasteiger partial charge >= 0.3 is 0 Å². The molecule has 1 heterocycles. The van der Waals surface area contributed by atoms with Crippen molar-refractivity contribution in [1.29, 1.82) is 0 Å². The number of rotatable bonds is 6. The average molecular weight is 312 g/mol. The van der Waals surface area contributed by atoms with Gasteiger partial charge in [0.05, 0.1) is 0 Å². The van der Waals surface area contributed by atoms with Gasteiger partial charge in [-0.15, -0.1) is 0 Å². The van der Waals surface area contributed by atoms with Gasteiger partial charge in [0.1, 0.15) is 5.82 Å². The van der Waals surface area contributed by atoms with Crippen LogP contribution in [0.4, 0.5) is 4.39 Å². The molecule has 116 valence electrons. The number of nitrogens with one attached hydrogen (secondary N) is 1. The summed E-state index contributed by atoms with van der Waals surface area (Å²) in [5.74, 6) is 0.0811. The molecule has 0 aliphatic carbocycles. The lowest BCUT2D eigenvalue weighted by atomic mass is 10.1. The molecule has 0 bridgehead atoms. The largest absolute Gasteiger partial charge is 0.299 e. The molecule has 1 aromatic rings. The van der Waals surface area contributed by atoms with Crippen molar-refractivity contribution >= 4 is 10.0 Å². The second-order valence-corrected chi connectivity index (χ2v) is 7.20. The van der Waals surface area contributed by atoms with Crippen LogP contribution >= 0.6 is 0 Å². The minimum Gasteiger partial charge on any atom is -0.299 e. The number of aryl methyl sites for hydroxylation is 1. The SMILES string of the molecule is C=CS(=O)(=O)NC[C@H]1CCN(Cc2c(C)cccc2F)C1. The maximum atomic E-state index is 13.8. The van der Waals surface area contributed by atoms with Crippen LogP contribution in [0.3, 0.4) is 0 Å². The number of nitrogens with zero attached hydrogens (tertiary/aromatic N) is 1. The highest BCUT2D eigenvalue weighted by molar-refractivity contribution is 7.92. The minimum atomic E-state index is -3.36. The Hall–Kier alpha value is -1.24. The van der Waals surface area contributed by atoms with Crippen LogP contribution in [0, 0.1) is 18.7 Å². The molecule has 1 N–H and O–H groups in total. The smallest absolute Gasteiger partial charge is 0.233 e. The lowest BCUT2D eigenvalue weighted by Crippen LogP contribution is -2.29. The molecule has 4 nitrogen and oxygen atoms in total. The number of hydrogen-bond donors (Lipinski definition) is 1. The first-order valence-corrected chi connectivity index (χ1v) is 8.54. The minimum absolute atomic E-state index is 0.175. The van der Waals surface area contributed by atoms with Gasteiger partial charge in [0.25, 0.3) is 0 Å². The standard InChI is InChI=1S/C15H21FN2O2S/c1-3-21(19,20)17-9-13-7-8-18(10-13)11-14-12(2)5-4-6-15(14)16/h3-6,13,17H,1,7-11H2,2H3/t13-/m1/s1. The van der Waals surface area contributed by atoms with Crippen molar-refractivity contribution in [2.75, 3.05) is 19.6 Å². The third-order valence-corrected chi connectivity index (χ3v) is 4.91. The third kappa shape index (κ3) is 4.36. The van der Waals surface area contributed by atoms with Crippen LogP contribution < -0.4 is 4.72 Å². The van der Waals surface area contributed by atoms with Crippen molar-refractivity contribution in [3.8, 4) is 0 Å². The molecule has 1 saturated heterocycles. The van der Waals surface area contributed by atoms with E-state index in [0.29, 0.717) is 13.1 Å². The van der Waals surface area contributed by atoms with E-state index in [1.54, 1.807) is 6.07 Å². The molecule has 0 amide bonds. The van der Waals surface area contributed by atoms with Gasteiger partial charge in [0.2, 0.25) is 10.0 Å². The summed E-state index contributed by atoms with van der Waals surface area (Å²) in [6, 6.07) is 5.10. The molecule has 21 heavy (non-hydrogen) atoms. The van der Waals surface area contributed by atoms with Gasteiger partial charge in [0, 0.05) is 30.6 Å². The molecule has 1 aromatic carbocycles. The van der Waals surface area contributed by atoms with Gasteiger partial charge in [-0.1, -0.05) is 18.7 Å². The number of benzene rings is 1. The number of halogens is 1. The van der Waals surface area contributed by atoms with Gasteiger partial charge < -0.3 is 0 Å². The molecule has 0 aromatic heterocycles. The van der Waals surface area contributed by atoms with Crippen LogP contribution in [0.1, 0.15) is 17.5 Å². The van der Waals surface area contributed by atoms with Crippen LogP contribution in [-0.4, -0.2) is 33.0 Å². The molecular formula is C15H21FN2O2S. The highest BCUT2D eigenvalue weighted by Gasteiger charge is 2.24. The Bertz CT molecular complexity index is 596. The van der Waals surface area contributed by atoms with Crippen molar-refractivity contribution in [2.45, 2.75) is 19.9 Å². The molecule has 0 spiro atoms. The zero-order valence-corrected chi connectivity index (χ0v) is 13.0. The fraction of sp³-hybridized carbons (Fsp3) is 0.467. The van der Waals surface area contributed by atoms with Crippen LogP contribution in [-0.2, 0) is 16.6 Å². The first kappa shape index (κ1) is 16.1. The van der Waals surface area contributed by atoms with Crippen LogP contribution in [0.15, 0.2) is 30.2 Å². The fourth-order valence-electron chi connectivity index (χ4n) is 2.61. The zero-order valence-electron chi connectivity index (χ0n) is 12.2. The van der Waals surface area contributed by atoms with Crippen molar-refractivity contribution in [3.63, 3.8) is 0 Å². The predicted molar refractivity (Wildman–Crippen MR) is 81.6 cm³/mol. The lowest BCUT2D eigenvalue weighted by molar-refractivity contribution is 0.311. The summed E-state index contributed by atoms with van der Waals surface area (Å²) in [6.07, 6.45) is 0.910. The van der Waals surface area contributed by atoms with Crippen molar-refractivity contribution < 1.29 is 12.8 Å². The highest BCUT2D eigenvalue weighted by atomic mass is 32.2. The van der Waals surface area contributed by atoms with Crippen molar-refractivity contribution in [2.24, 2.45) is 5.92 Å². The van der Waals surface area contributed by atoms with E-state index in [1.165, 1.54) is 6.07 Å². The predicted octanol–water partition coefficient (Wildman–Crippen LogP) is 2.02. The Morgan fingerprint density at radius 1 is 1.52 bits per heavy atom. The maximum absolute atomic E-state index is 13.8. The Morgan fingerprint density at radius 2 is 2.29 bits per heavy atom. The Labute approximate surface area is 125 Å². The van der Waals surface area contributed by atoms with Crippen LogP contribution in [0.5, 0.6) is 0 Å². The topological polar surface area (TPSA) is 49.4 Å². The number of likely N-dealkylation sites (tertiary alicyclic amines) is 1. The monoisotopic (exact) mass is 312 g/mol. The summed E-state index contributed by atoms with van der Waals surface area (Å²) in [7, 11) is -3.36. The van der Waals surface area contributed by atoms with E-state index in [1.807, 2.05) is 13.0 Å². The summed E-state index contributed by atoms with van der Waals surface area (Å²) in [5, 5.41) is 0.919. The van der Waals surface area contributed by atoms with E-state index in [4.69, 9.17) is 0 Å². The van der Waals surface area contributed by atoms with Gasteiger partial charge in [0.15, 0.2) is 0 Å². The maximum Gasteiger partial charge on any atom is 0.233 e. The summed E-state index contributed by atoms with van der Waals surface area (Å²) in [5.41, 5.74) is 1.68. The molecule has 1 aliphatic rings. The Morgan fingerprint density at radius 3 is 2.95 bits per heavy atom. The first-order chi connectivity index (χ1) is 9.91. The zero-order chi connectivity index (χ0) is 15.5. The van der Waals surface area contributed by atoms with E-state index >= 15 is 0 Å². The van der Waals surface area contributed by atoms with E-state index in [0.717, 1.165) is 36.0 Å². The number of sulfonamides is 1. The quantitative estimate of drug-likeness (QED) is 0.874. The van der Waals surface area contributed by atoms with Gasteiger partial charge in [-0.3, -0.25) is 4.90 Å².